The van der Waals surface area contributed by atoms with Crippen LogP contribution >= 0.6 is 0 Å². The Morgan fingerprint density at radius 1 is 1.03 bits per heavy atom. The maximum atomic E-state index is 12.9. The van der Waals surface area contributed by atoms with Crippen molar-refractivity contribution in [3.8, 4) is 11.1 Å². The lowest BCUT2D eigenvalue weighted by molar-refractivity contribution is -0.137. The molecule has 0 radical (unpaired) electrons. The molecule has 3 heterocycles. The highest BCUT2D eigenvalue weighted by Crippen LogP contribution is 2.33. The quantitative estimate of drug-likeness (QED) is 0.521. The fourth-order valence-electron chi connectivity index (χ4n) is 3.98. The van der Waals surface area contributed by atoms with E-state index in [-0.39, 0.29) is 0 Å². The van der Waals surface area contributed by atoms with E-state index in [0.717, 1.165) is 68.2 Å². The molecule has 8 heteroatoms. The number of aromatic nitrogens is 3. The third kappa shape index (κ3) is 4.96. The number of pyridine rings is 1. The van der Waals surface area contributed by atoms with Crippen molar-refractivity contribution in [1.82, 2.24) is 19.7 Å². The van der Waals surface area contributed by atoms with E-state index in [1.807, 2.05) is 23.0 Å². The Morgan fingerprint density at radius 2 is 1.75 bits per heavy atom. The SMILES string of the molecule is CCC(C)n1cc(CN2CCN(c3ncccc3-c3ccc(C(F)(F)F)cc3)CC2)cn1. The van der Waals surface area contributed by atoms with E-state index in [1.54, 1.807) is 6.20 Å². The number of benzene rings is 1. The van der Waals surface area contributed by atoms with Crippen molar-refractivity contribution in [2.75, 3.05) is 31.1 Å². The summed E-state index contributed by atoms with van der Waals surface area (Å²) in [6.45, 7) is 8.57. The van der Waals surface area contributed by atoms with Crippen molar-refractivity contribution in [1.29, 1.82) is 0 Å². The summed E-state index contributed by atoms with van der Waals surface area (Å²) in [5.74, 6) is 0.816. The molecule has 1 fully saturated rings. The highest BCUT2D eigenvalue weighted by atomic mass is 19.4. The van der Waals surface area contributed by atoms with Crippen molar-refractivity contribution in [3.05, 3.63) is 66.1 Å². The summed E-state index contributed by atoms with van der Waals surface area (Å²) in [5.41, 5.74) is 2.16. The van der Waals surface area contributed by atoms with E-state index >= 15 is 0 Å². The third-order valence-corrected chi connectivity index (χ3v) is 6.09. The first-order valence-electron chi connectivity index (χ1n) is 11.0. The van der Waals surface area contributed by atoms with Crippen molar-refractivity contribution in [3.63, 3.8) is 0 Å². The average Bonchev–Trinajstić information content (AvgIpc) is 3.27. The maximum absolute atomic E-state index is 12.9. The molecule has 0 bridgehead atoms. The first-order valence-corrected chi connectivity index (χ1v) is 11.0. The smallest absolute Gasteiger partial charge is 0.354 e. The first-order chi connectivity index (χ1) is 15.3. The third-order valence-electron chi connectivity index (χ3n) is 6.09. The van der Waals surface area contributed by atoms with Gasteiger partial charge in [-0.2, -0.15) is 18.3 Å². The standard InChI is InChI=1S/C24H28F3N5/c1-3-18(2)32-17-19(15-29-32)16-30-11-13-31(14-12-30)23-22(5-4-10-28-23)20-6-8-21(9-7-20)24(25,26)27/h4-10,15,17-18H,3,11-14,16H2,1-2H3. The summed E-state index contributed by atoms with van der Waals surface area (Å²) in [5, 5.41) is 4.48. The molecule has 1 aliphatic heterocycles. The van der Waals surface area contributed by atoms with Crippen LogP contribution in [0.25, 0.3) is 11.1 Å². The minimum absolute atomic E-state index is 0.397. The molecule has 4 rings (SSSR count). The number of hydrogen-bond donors (Lipinski definition) is 0. The minimum atomic E-state index is -4.34. The van der Waals surface area contributed by atoms with Gasteiger partial charge in [0.25, 0.3) is 0 Å². The Kier molecular flexibility index (Phi) is 6.50. The second-order valence-corrected chi connectivity index (χ2v) is 8.30. The van der Waals surface area contributed by atoms with E-state index in [9.17, 15) is 13.2 Å². The molecule has 0 amide bonds. The van der Waals surface area contributed by atoms with Crippen LogP contribution in [0, 0.1) is 0 Å². The lowest BCUT2D eigenvalue weighted by Crippen LogP contribution is -2.46. The molecule has 0 aliphatic carbocycles. The van der Waals surface area contributed by atoms with Gasteiger partial charge in [0.05, 0.1) is 11.8 Å². The molecule has 1 atom stereocenters. The molecule has 3 aromatic rings. The van der Waals surface area contributed by atoms with Gasteiger partial charge in [0.15, 0.2) is 0 Å². The predicted molar refractivity (Wildman–Crippen MR) is 119 cm³/mol. The molecule has 32 heavy (non-hydrogen) atoms. The van der Waals surface area contributed by atoms with Gasteiger partial charge in [-0.3, -0.25) is 9.58 Å². The fourth-order valence-corrected chi connectivity index (χ4v) is 3.98. The van der Waals surface area contributed by atoms with Crippen LogP contribution in [0.1, 0.15) is 37.4 Å². The Bertz CT molecular complexity index is 1020. The molecule has 1 aromatic carbocycles. The lowest BCUT2D eigenvalue weighted by Gasteiger charge is -2.36. The topological polar surface area (TPSA) is 37.2 Å². The van der Waals surface area contributed by atoms with E-state index in [0.29, 0.717) is 6.04 Å². The normalized spacial score (nSPS) is 16.3. The largest absolute Gasteiger partial charge is 0.416 e. The predicted octanol–water partition coefficient (Wildman–Crippen LogP) is 5.26. The summed E-state index contributed by atoms with van der Waals surface area (Å²) in [7, 11) is 0. The molecular formula is C24H28F3N5. The second-order valence-electron chi connectivity index (χ2n) is 8.30. The summed E-state index contributed by atoms with van der Waals surface area (Å²) in [6, 6.07) is 9.44. The van der Waals surface area contributed by atoms with Gasteiger partial charge in [-0.1, -0.05) is 19.1 Å². The van der Waals surface area contributed by atoms with Gasteiger partial charge in [0, 0.05) is 62.3 Å². The summed E-state index contributed by atoms with van der Waals surface area (Å²) >= 11 is 0. The van der Waals surface area contributed by atoms with Gasteiger partial charge in [-0.25, -0.2) is 4.98 Å². The van der Waals surface area contributed by atoms with Crippen LogP contribution in [0.5, 0.6) is 0 Å². The van der Waals surface area contributed by atoms with Crippen molar-refractivity contribution in [2.45, 2.75) is 39.0 Å². The molecule has 0 saturated carbocycles. The van der Waals surface area contributed by atoms with E-state index in [1.165, 1.54) is 17.7 Å². The molecule has 0 spiro atoms. The van der Waals surface area contributed by atoms with Crippen LogP contribution in [-0.4, -0.2) is 45.8 Å². The monoisotopic (exact) mass is 443 g/mol. The van der Waals surface area contributed by atoms with Gasteiger partial charge in [-0.05, 0) is 43.2 Å². The zero-order valence-corrected chi connectivity index (χ0v) is 18.4. The van der Waals surface area contributed by atoms with Crippen molar-refractivity contribution >= 4 is 5.82 Å². The molecular weight excluding hydrogens is 415 g/mol. The van der Waals surface area contributed by atoms with E-state index in [2.05, 4.69) is 39.9 Å². The number of piperazine rings is 1. The highest BCUT2D eigenvalue weighted by Gasteiger charge is 2.30. The molecule has 1 aliphatic rings. The number of halogens is 3. The molecule has 1 unspecified atom stereocenters. The molecule has 1 saturated heterocycles. The van der Waals surface area contributed by atoms with E-state index in [4.69, 9.17) is 0 Å². The Hall–Kier alpha value is -2.87. The van der Waals surface area contributed by atoms with E-state index < -0.39 is 11.7 Å². The second kappa shape index (κ2) is 9.32. The van der Waals surface area contributed by atoms with Crippen LogP contribution < -0.4 is 4.90 Å². The Balaban J connectivity index is 1.42. The Morgan fingerprint density at radius 3 is 2.41 bits per heavy atom. The first kappa shape index (κ1) is 22.3. The molecule has 2 aromatic heterocycles. The lowest BCUT2D eigenvalue weighted by atomic mass is 10.0. The van der Waals surface area contributed by atoms with Gasteiger partial charge < -0.3 is 4.90 Å². The fraction of sp³-hybridized carbons (Fsp3) is 0.417. The zero-order chi connectivity index (χ0) is 22.7. The van der Waals surface area contributed by atoms with Crippen LogP contribution in [0.2, 0.25) is 0 Å². The zero-order valence-electron chi connectivity index (χ0n) is 18.4. The van der Waals surface area contributed by atoms with Gasteiger partial charge in [0.1, 0.15) is 5.82 Å². The van der Waals surface area contributed by atoms with Crippen molar-refractivity contribution in [2.24, 2.45) is 0 Å². The van der Waals surface area contributed by atoms with Crippen LogP contribution in [-0.2, 0) is 12.7 Å². The average molecular weight is 444 g/mol. The van der Waals surface area contributed by atoms with Gasteiger partial charge >= 0.3 is 6.18 Å². The van der Waals surface area contributed by atoms with Gasteiger partial charge in [0.2, 0.25) is 0 Å². The Labute approximate surface area is 186 Å². The van der Waals surface area contributed by atoms with Crippen LogP contribution in [0.3, 0.4) is 0 Å². The minimum Gasteiger partial charge on any atom is -0.354 e. The maximum Gasteiger partial charge on any atom is 0.416 e. The molecule has 0 N–H and O–H groups in total. The molecule has 5 nitrogen and oxygen atoms in total. The number of rotatable bonds is 6. The molecule has 170 valence electrons. The number of anilines is 1. The number of nitrogens with zero attached hydrogens (tertiary/aromatic N) is 5. The summed E-state index contributed by atoms with van der Waals surface area (Å²) in [4.78, 5) is 9.18. The van der Waals surface area contributed by atoms with Gasteiger partial charge in [-0.15, -0.1) is 0 Å². The summed E-state index contributed by atoms with van der Waals surface area (Å²) < 4.78 is 40.8. The highest BCUT2D eigenvalue weighted by molar-refractivity contribution is 5.76. The number of hydrogen-bond acceptors (Lipinski definition) is 4. The van der Waals surface area contributed by atoms with Crippen LogP contribution in [0.15, 0.2) is 55.0 Å². The summed E-state index contributed by atoms with van der Waals surface area (Å²) in [6.07, 6.45) is 2.52. The van der Waals surface area contributed by atoms with Crippen LogP contribution in [0.4, 0.5) is 19.0 Å². The van der Waals surface area contributed by atoms with Crippen molar-refractivity contribution < 1.29 is 13.2 Å². The number of alkyl halides is 3.